The van der Waals surface area contributed by atoms with Gasteiger partial charge in [-0.15, -0.1) is 0 Å². The number of nitrogens with zero attached hydrogens (tertiary/aromatic N) is 2. The fraction of sp³-hybridized carbons (Fsp3) is 1.00. The Morgan fingerprint density at radius 1 is 0.944 bits per heavy atom. The monoisotopic (exact) mass is 251 g/mol. The third kappa shape index (κ3) is 2.73. The standard InChI is InChI=1S/C15H29N3/c1-12-3-4-15(16-12)13-5-10-18(11-13)14-6-8-17(2)9-7-14/h12-16H,3-11H2,1-2H3. The number of rotatable bonds is 2. The summed E-state index contributed by atoms with van der Waals surface area (Å²) < 4.78 is 0. The van der Waals surface area contributed by atoms with E-state index in [-0.39, 0.29) is 0 Å². The average molecular weight is 251 g/mol. The van der Waals surface area contributed by atoms with Gasteiger partial charge in [-0.2, -0.15) is 0 Å². The highest BCUT2D eigenvalue weighted by molar-refractivity contribution is 4.93. The largest absolute Gasteiger partial charge is 0.311 e. The summed E-state index contributed by atoms with van der Waals surface area (Å²) in [4.78, 5) is 5.27. The predicted molar refractivity (Wildman–Crippen MR) is 75.8 cm³/mol. The molecule has 3 unspecified atom stereocenters. The Bertz CT molecular complexity index is 273. The van der Waals surface area contributed by atoms with Gasteiger partial charge in [-0.1, -0.05) is 0 Å². The summed E-state index contributed by atoms with van der Waals surface area (Å²) in [6.45, 7) is 7.64. The van der Waals surface area contributed by atoms with Crippen molar-refractivity contribution in [3.63, 3.8) is 0 Å². The number of likely N-dealkylation sites (tertiary alicyclic amines) is 2. The lowest BCUT2D eigenvalue weighted by Crippen LogP contribution is -2.43. The smallest absolute Gasteiger partial charge is 0.0120 e. The van der Waals surface area contributed by atoms with Gasteiger partial charge in [0.1, 0.15) is 0 Å². The van der Waals surface area contributed by atoms with Crippen LogP contribution in [0.5, 0.6) is 0 Å². The van der Waals surface area contributed by atoms with Crippen molar-refractivity contribution in [1.29, 1.82) is 0 Å². The molecule has 104 valence electrons. The summed E-state index contributed by atoms with van der Waals surface area (Å²) in [6.07, 6.45) is 6.99. The molecule has 3 nitrogen and oxygen atoms in total. The summed E-state index contributed by atoms with van der Waals surface area (Å²) >= 11 is 0. The summed E-state index contributed by atoms with van der Waals surface area (Å²) in [6, 6.07) is 2.45. The zero-order valence-electron chi connectivity index (χ0n) is 12.1. The van der Waals surface area contributed by atoms with Crippen molar-refractivity contribution in [1.82, 2.24) is 15.1 Å². The second-order valence-corrected chi connectivity index (χ2v) is 6.83. The van der Waals surface area contributed by atoms with Crippen molar-refractivity contribution in [3.05, 3.63) is 0 Å². The Morgan fingerprint density at radius 3 is 2.39 bits per heavy atom. The van der Waals surface area contributed by atoms with Crippen molar-refractivity contribution in [3.8, 4) is 0 Å². The molecule has 3 saturated heterocycles. The topological polar surface area (TPSA) is 18.5 Å². The summed E-state index contributed by atoms with van der Waals surface area (Å²) in [7, 11) is 2.26. The van der Waals surface area contributed by atoms with Crippen LogP contribution in [0.1, 0.15) is 39.0 Å². The predicted octanol–water partition coefficient (Wildman–Crippen LogP) is 1.54. The van der Waals surface area contributed by atoms with Gasteiger partial charge < -0.3 is 10.2 Å². The molecule has 0 amide bonds. The van der Waals surface area contributed by atoms with Crippen LogP contribution in [-0.4, -0.2) is 61.2 Å². The Hall–Kier alpha value is -0.120. The molecule has 0 spiro atoms. The zero-order valence-corrected chi connectivity index (χ0v) is 12.1. The van der Waals surface area contributed by atoms with E-state index in [9.17, 15) is 0 Å². The van der Waals surface area contributed by atoms with Crippen LogP contribution in [0.25, 0.3) is 0 Å². The Labute approximate surface area is 112 Å². The molecule has 0 radical (unpaired) electrons. The van der Waals surface area contributed by atoms with E-state index in [1.807, 2.05) is 0 Å². The lowest BCUT2D eigenvalue weighted by molar-refractivity contribution is 0.138. The normalized spacial score (nSPS) is 40.7. The lowest BCUT2D eigenvalue weighted by Gasteiger charge is -2.35. The molecule has 3 atom stereocenters. The van der Waals surface area contributed by atoms with Crippen LogP contribution in [0.15, 0.2) is 0 Å². The number of hydrogen-bond donors (Lipinski definition) is 1. The quantitative estimate of drug-likeness (QED) is 0.803. The fourth-order valence-electron chi connectivity index (χ4n) is 4.17. The highest BCUT2D eigenvalue weighted by Gasteiger charge is 2.35. The third-order valence-corrected chi connectivity index (χ3v) is 5.44. The van der Waals surface area contributed by atoms with Gasteiger partial charge in [-0.05, 0) is 71.6 Å². The molecule has 1 N–H and O–H groups in total. The second kappa shape index (κ2) is 5.48. The molecule has 3 heterocycles. The van der Waals surface area contributed by atoms with Gasteiger partial charge in [0.15, 0.2) is 0 Å². The summed E-state index contributed by atoms with van der Waals surface area (Å²) in [5.74, 6) is 0.926. The van der Waals surface area contributed by atoms with Crippen molar-refractivity contribution in [2.24, 2.45) is 5.92 Å². The van der Waals surface area contributed by atoms with Gasteiger partial charge >= 0.3 is 0 Å². The van der Waals surface area contributed by atoms with Gasteiger partial charge in [0.2, 0.25) is 0 Å². The maximum atomic E-state index is 3.79. The molecule has 0 aromatic rings. The molecule has 0 saturated carbocycles. The first-order valence-electron chi connectivity index (χ1n) is 7.91. The van der Waals surface area contributed by atoms with Crippen molar-refractivity contribution in [2.75, 3.05) is 33.2 Å². The molecule has 0 aromatic carbocycles. The van der Waals surface area contributed by atoms with Gasteiger partial charge in [-0.3, -0.25) is 4.90 Å². The Morgan fingerprint density at radius 2 is 1.72 bits per heavy atom. The van der Waals surface area contributed by atoms with Crippen LogP contribution < -0.4 is 5.32 Å². The van der Waals surface area contributed by atoms with E-state index >= 15 is 0 Å². The van der Waals surface area contributed by atoms with Gasteiger partial charge in [-0.25, -0.2) is 0 Å². The molecule has 18 heavy (non-hydrogen) atoms. The van der Waals surface area contributed by atoms with Crippen molar-refractivity contribution >= 4 is 0 Å². The van der Waals surface area contributed by atoms with E-state index in [1.54, 1.807) is 0 Å². The maximum absolute atomic E-state index is 3.79. The Kier molecular flexibility index (Phi) is 3.92. The van der Waals surface area contributed by atoms with Crippen LogP contribution in [0.4, 0.5) is 0 Å². The van der Waals surface area contributed by atoms with E-state index in [2.05, 4.69) is 29.1 Å². The lowest BCUT2D eigenvalue weighted by atomic mass is 9.97. The van der Waals surface area contributed by atoms with Crippen LogP contribution in [0.3, 0.4) is 0 Å². The van der Waals surface area contributed by atoms with Crippen LogP contribution in [-0.2, 0) is 0 Å². The molecular weight excluding hydrogens is 222 g/mol. The highest BCUT2D eigenvalue weighted by Crippen LogP contribution is 2.29. The molecule has 0 bridgehead atoms. The minimum Gasteiger partial charge on any atom is -0.311 e. The minimum absolute atomic E-state index is 0.757. The SMILES string of the molecule is CC1CCC(C2CCN(C3CCN(C)CC3)C2)N1. The number of hydrogen-bond acceptors (Lipinski definition) is 3. The fourth-order valence-corrected chi connectivity index (χ4v) is 4.17. The second-order valence-electron chi connectivity index (χ2n) is 6.83. The molecule has 3 heteroatoms. The maximum Gasteiger partial charge on any atom is 0.0120 e. The number of piperidine rings is 1. The first-order chi connectivity index (χ1) is 8.72. The molecule has 3 aliphatic heterocycles. The van der Waals surface area contributed by atoms with Gasteiger partial charge in [0.05, 0.1) is 0 Å². The molecular formula is C15H29N3. The number of nitrogens with one attached hydrogen (secondary N) is 1. The van der Waals surface area contributed by atoms with Gasteiger partial charge in [0.25, 0.3) is 0 Å². The van der Waals surface area contributed by atoms with Crippen LogP contribution >= 0.6 is 0 Å². The summed E-state index contributed by atoms with van der Waals surface area (Å²) in [5.41, 5.74) is 0. The van der Waals surface area contributed by atoms with Crippen molar-refractivity contribution in [2.45, 2.75) is 57.2 Å². The Balaban J connectivity index is 1.49. The van der Waals surface area contributed by atoms with Crippen molar-refractivity contribution < 1.29 is 0 Å². The van der Waals surface area contributed by atoms with E-state index in [0.717, 1.165) is 24.0 Å². The molecule has 3 rings (SSSR count). The van der Waals surface area contributed by atoms with E-state index in [4.69, 9.17) is 0 Å². The highest BCUT2D eigenvalue weighted by atomic mass is 15.2. The van der Waals surface area contributed by atoms with Crippen LogP contribution in [0, 0.1) is 5.92 Å². The first kappa shape index (κ1) is 12.9. The van der Waals surface area contributed by atoms with Crippen LogP contribution in [0.2, 0.25) is 0 Å². The molecule has 3 fully saturated rings. The molecule has 3 aliphatic rings. The zero-order chi connectivity index (χ0) is 12.5. The van der Waals surface area contributed by atoms with E-state index in [0.29, 0.717) is 0 Å². The third-order valence-electron chi connectivity index (χ3n) is 5.44. The molecule has 0 aromatic heterocycles. The minimum atomic E-state index is 0.757. The van der Waals surface area contributed by atoms with Gasteiger partial charge in [0, 0.05) is 24.7 Å². The average Bonchev–Trinajstić information content (AvgIpc) is 2.98. The van der Waals surface area contributed by atoms with E-state index in [1.165, 1.54) is 58.3 Å². The van der Waals surface area contributed by atoms with E-state index < -0.39 is 0 Å². The summed E-state index contributed by atoms with van der Waals surface area (Å²) in [5, 5.41) is 3.79. The molecule has 0 aliphatic carbocycles. The first-order valence-corrected chi connectivity index (χ1v) is 7.91.